The minimum Gasteiger partial charge on any atom is -0.505 e. The molecular formula is C25H27BrN4O5. The van der Waals surface area contributed by atoms with Gasteiger partial charge in [0.05, 0.1) is 28.9 Å². The SMILES string of the molecule is COc1cc(C2/C(=C(\O)c3c(C)nc4ccccn34)C(=O)C(=O)N2CCCN(C)C)cc(Br)c1O. The number of halogens is 1. The highest BCUT2D eigenvalue weighted by Gasteiger charge is 2.46. The summed E-state index contributed by atoms with van der Waals surface area (Å²) in [7, 11) is 5.28. The molecule has 1 unspecified atom stereocenters. The largest absolute Gasteiger partial charge is 0.505 e. The highest BCUT2D eigenvalue weighted by Crippen LogP contribution is 2.44. The molecule has 1 amide bonds. The number of fused-ring (bicyclic) bond motifs is 1. The van der Waals surface area contributed by atoms with Crippen LogP contribution in [-0.2, 0) is 9.59 Å². The third-order valence-electron chi connectivity index (χ3n) is 6.06. The number of likely N-dealkylation sites (tertiary alicyclic amines) is 1. The lowest BCUT2D eigenvalue weighted by atomic mass is 9.95. The first kappa shape index (κ1) is 24.7. The second-order valence-electron chi connectivity index (χ2n) is 8.68. The van der Waals surface area contributed by atoms with Gasteiger partial charge < -0.3 is 24.7 Å². The van der Waals surface area contributed by atoms with Crippen LogP contribution in [0, 0.1) is 6.92 Å². The summed E-state index contributed by atoms with van der Waals surface area (Å²) in [6.07, 6.45) is 2.37. The molecule has 1 saturated heterocycles. The van der Waals surface area contributed by atoms with Crippen LogP contribution < -0.4 is 4.74 Å². The first-order valence-corrected chi connectivity index (χ1v) is 11.9. The van der Waals surface area contributed by atoms with Crippen molar-refractivity contribution < 1.29 is 24.5 Å². The Morgan fingerprint density at radius 3 is 2.69 bits per heavy atom. The number of phenolic OH excluding ortho intramolecular Hbond substituents is 1. The summed E-state index contributed by atoms with van der Waals surface area (Å²) in [5.41, 5.74) is 1.96. The van der Waals surface area contributed by atoms with Gasteiger partial charge in [-0.1, -0.05) is 6.07 Å². The molecule has 2 N–H and O–H groups in total. The standard InChI is InChI=1S/C25H27BrN4O5/c1-14-20(29-10-6-5-8-18(29)27-14)23(32)19-21(15-12-16(26)22(31)17(13-15)35-4)30(25(34)24(19)33)11-7-9-28(2)3/h5-6,8,10,12-13,21,31-32H,7,9,11H2,1-4H3/b23-19+. The van der Waals surface area contributed by atoms with Gasteiger partial charge in [-0.3, -0.25) is 14.0 Å². The van der Waals surface area contributed by atoms with Gasteiger partial charge in [0, 0.05) is 12.7 Å². The summed E-state index contributed by atoms with van der Waals surface area (Å²) in [6, 6.07) is 7.74. The second-order valence-corrected chi connectivity index (χ2v) is 9.53. The fraction of sp³-hybridized carbons (Fsp3) is 0.320. The number of ketones is 1. The summed E-state index contributed by atoms with van der Waals surface area (Å²) in [4.78, 5) is 34.5. The zero-order valence-corrected chi connectivity index (χ0v) is 21.5. The number of aromatic nitrogens is 2. The minimum absolute atomic E-state index is 0.0340. The topological polar surface area (TPSA) is 108 Å². The number of aliphatic hydroxyl groups excluding tert-OH is 1. The van der Waals surface area contributed by atoms with Gasteiger partial charge in [0.1, 0.15) is 11.3 Å². The maximum atomic E-state index is 13.3. The molecule has 3 heterocycles. The van der Waals surface area contributed by atoms with Crippen LogP contribution >= 0.6 is 15.9 Å². The van der Waals surface area contributed by atoms with E-state index in [9.17, 15) is 19.8 Å². The van der Waals surface area contributed by atoms with E-state index in [4.69, 9.17) is 4.74 Å². The number of carbonyl (C=O) groups excluding carboxylic acids is 2. The molecule has 0 saturated carbocycles. The molecule has 1 aromatic carbocycles. The molecule has 1 atom stereocenters. The number of hydrogen-bond acceptors (Lipinski definition) is 7. The second kappa shape index (κ2) is 9.71. The van der Waals surface area contributed by atoms with E-state index < -0.39 is 17.7 Å². The van der Waals surface area contributed by atoms with Gasteiger partial charge in [0.25, 0.3) is 11.7 Å². The summed E-state index contributed by atoms with van der Waals surface area (Å²) < 4.78 is 7.34. The van der Waals surface area contributed by atoms with E-state index in [1.54, 1.807) is 41.8 Å². The zero-order chi connectivity index (χ0) is 25.4. The molecule has 0 bridgehead atoms. The van der Waals surface area contributed by atoms with Crippen LogP contribution in [0.15, 0.2) is 46.6 Å². The smallest absolute Gasteiger partial charge is 0.295 e. The van der Waals surface area contributed by atoms with E-state index >= 15 is 0 Å². The third-order valence-corrected chi connectivity index (χ3v) is 6.66. The lowest BCUT2D eigenvalue weighted by Gasteiger charge is -2.26. The average molecular weight is 543 g/mol. The van der Waals surface area contributed by atoms with Gasteiger partial charge in [-0.25, -0.2) is 4.98 Å². The van der Waals surface area contributed by atoms with Gasteiger partial charge in [-0.05, 0) is 79.7 Å². The van der Waals surface area contributed by atoms with Crippen LogP contribution in [0.2, 0.25) is 0 Å². The van der Waals surface area contributed by atoms with Crippen LogP contribution in [0.5, 0.6) is 11.5 Å². The normalized spacial score (nSPS) is 17.7. The molecular weight excluding hydrogens is 516 g/mol. The summed E-state index contributed by atoms with van der Waals surface area (Å²) in [5, 5.41) is 21.8. The Labute approximate surface area is 211 Å². The number of Topliss-reactive ketones (excluding diaryl/α,β-unsaturated/α-hetero) is 1. The molecule has 35 heavy (non-hydrogen) atoms. The highest BCUT2D eigenvalue weighted by molar-refractivity contribution is 9.10. The molecule has 184 valence electrons. The summed E-state index contributed by atoms with van der Waals surface area (Å²) >= 11 is 3.33. The number of rotatable bonds is 7. The Morgan fingerprint density at radius 2 is 2.00 bits per heavy atom. The van der Waals surface area contributed by atoms with E-state index in [0.717, 1.165) is 0 Å². The molecule has 3 aromatic rings. The molecule has 0 radical (unpaired) electrons. The van der Waals surface area contributed by atoms with Gasteiger partial charge in [-0.2, -0.15) is 0 Å². The number of amides is 1. The van der Waals surface area contributed by atoms with Gasteiger partial charge in [0.15, 0.2) is 17.3 Å². The first-order valence-electron chi connectivity index (χ1n) is 11.1. The summed E-state index contributed by atoms with van der Waals surface area (Å²) in [6.45, 7) is 2.76. The molecule has 1 aliphatic heterocycles. The molecule has 0 spiro atoms. The van der Waals surface area contributed by atoms with Crippen molar-refractivity contribution in [3.63, 3.8) is 0 Å². The Bertz CT molecular complexity index is 1350. The number of phenols is 1. The number of imidazole rings is 1. The quantitative estimate of drug-likeness (QED) is 0.267. The number of methoxy groups -OCH3 is 1. The van der Waals surface area contributed by atoms with E-state index in [1.807, 2.05) is 25.1 Å². The van der Waals surface area contributed by atoms with Crippen LogP contribution in [0.4, 0.5) is 0 Å². The Morgan fingerprint density at radius 1 is 1.26 bits per heavy atom. The number of carbonyl (C=O) groups is 2. The molecule has 0 aliphatic carbocycles. The van der Waals surface area contributed by atoms with Crippen molar-refractivity contribution in [1.29, 1.82) is 0 Å². The maximum Gasteiger partial charge on any atom is 0.295 e. The van der Waals surface area contributed by atoms with Crippen molar-refractivity contribution >= 4 is 39.0 Å². The van der Waals surface area contributed by atoms with E-state index in [1.165, 1.54) is 12.0 Å². The van der Waals surface area contributed by atoms with E-state index in [0.29, 0.717) is 46.6 Å². The Kier molecular flexibility index (Phi) is 6.86. The van der Waals surface area contributed by atoms with Crippen molar-refractivity contribution in [1.82, 2.24) is 19.2 Å². The monoisotopic (exact) mass is 542 g/mol. The Hall–Kier alpha value is -3.37. The Balaban J connectivity index is 1.93. The van der Waals surface area contributed by atoms with Crippen molar-refractivity contribution in [3.05, 3.63) is 63.5 Å². The first-order chi connectivity index (χ1) is 16.6. The lowest BCUT2D eigenvalue weighted by molar-refractivity contribution is -0.139. The molecule has 1 aliphatic rings. The van der Waals surface area contributed by atoms with Crippen LogP contribution in [0.25, 0.3) is 11.4 Å². The predicted molar refractivity (Wildman–Crippen MR) is 134 cm³/mol. The number of benzene rings is 1. The van der Waals surface area contributed by atoms with Gasteiger partial charge >= 0.3 is 0 Å². The van der Waals surface area contributed by atoms with Crippen molar-refractivity contribution in [2.45, 2.75) is 19.4 Å². The summed E-state index contributed by atoms with van der Waals surface area (Å²) in [5.74, 6) is -1.68. The number of ether oxygens (including phenoxy) is 1. The van der Waals surface area contributed by atoms with Gasteiger partial charge in [0.2, 0.25) is 0 Å². The van der Waals surface area contributed by atoms with E-state index in [-0.39, 0.29) is 22.8 Å². The number of nitrogens with zero attached hydrogens (tertiary/aromatic N) is 4. The van der Waals surface area contributed by atoms with E-state index in [2.05, 4.69) is 20.9 Å². The average Bonchev–Trinajstić information content (AvgIpc) is 3.28. The highest BCUT2D eigenvalue weighted by atomic mass is 79.9. The zero-order valence-electron chi connectivity index (χ0n) is 19.9. The van der Waals surface area contributed by atoms with Crippen LogP contribution in [0.3, 0.4) is 0 Å². The van der Waals surface area contributed by atoms with Gasteiger partial charge in [-0.15, -0.1) is 0 Å². The number of aromatic hydroxyl groups is 1. The van der Waals surface area contributed by atoms with Crippen molar-refractivity contribution in [2.75, 3.05) is 34.3 Å². The predicted octanol–water partition coefficient (Wildman–Crippen LogP) is 3.49. The number of hydrogen-bond donors (Lipinski definition) is 2. The number of aliphatic hydroxyl groups is 1. The van der Waals surface area contributed by atoms with Crippen LogP contribution in [0.1, 0.15) is 29.4 Å². The van der Waals surface area contributed by atoms with Crippen molar-refractivity contribution in [2.24, 2.45) is 0 Å². The molecule has 2 aromatic heterocycles. The molecule has 10 heteroatoms. The third kappa shape index (κ3) is 4.39. The molecule has 9 nitrogen and oxygen atoms in total. The minimum atomic E-state index is -0.878. The number of pyridine rings is 1. The number of aryl methyl sites for hydroxylation is 1. The fourth-order valence-corrected chi connectivity index (χ4v) is 4.91. The molecule has 4 rings (SSSR count). The molecule has 1 fully saturated rings. The maximum absolute atomic E-state index is 13.3. The van der Waals surface area contributed by atoms with Crippen molar-refractivity contribution in [3.8, 4) is 11.5 Å². The lowest BCUT2D eigenvalue weighted by Crippen LogP contribution is -2.32. The van der Waals surface area contributed by atoms with Crippen LogP contribution in [-0.4, -0.2) is 75.4 Å². The fourth-order valence-electron chi connectivity index (χ4n) is 4.45.